The lowest BCUT2D eigenvalue weighted by molar-refractivity contribution is 0.0698. The summed E-state index contributed by atoms with van der Waals surface area (Å²) in [7, 11) is 0. The molecule has 0 fully saturated rings. The van der Waals surface area contributed by atoms with E-state index in [2.05, 4.69) is 4.98 Å². The van der Waals surface area contributed by atoms with Crippen molar-refractivity contribution in [3.05, 3.63) is 44.5 Å². The summed E-state index contributed by atoms with van der Waals surface area (Å²) in [5.74, 6) is -0.684. The standard InChI is InChI=1S/C15H18N2O4/c1-8(2)9(3)7-17-12-10(15(20)21)5-4-6-11(12)16-13(18)14(17)19/h4-6,8-9H,7H2,1-3H3,(H,16,18)(H,20,21). The molecule has 0 saturated heterocycles. The van der Waals surface area contributed by atoms with Crippen LogP contribution in [0.25, 0.3) is 11.0 Å². The van der Waals surface area contributed by atoms with Gasteiger partial charge in [-0.2, -0.15) is 0 Å². The molecule has 6 heteroatoms. The molecule has 0 spiro atoms. The van der Waals surface area contributed by atoms with Crippen LogP contribution >= 0.6 is 0 Å². The molecule has 0 saturated carbocycles. The molecule has 2 aromatic rings. The number of benzene rings is 1. The molecule has 112 valence electrons. The first kappa shape index (κ1) is 15.0. The lowest BCUT2D eigenvalue weighted by atomic mass is 9.98. The molecular formula is C15H18N2O4. The van der Waals surface area contributed by atoms with Crippen molar-refractivity contribution in [1.29, 1.82) is 0 Å². The SMILES string of the molecule is CC(C)C(C)Cn1c(=O)c(=O)[nH]c2cccc(C(=O)O)c21. The molecular weight excluding hydrogens is 272 g/mol. The average molecular weight is 290 g/mol. The fourth-order valence-corrected chi connectivity index (χ4v) is 2.18. The molecule has 0 radical (unpaired) electrons. The van der Waals surface area contributed by atoms with Gasteiger partial charge in [-0.1, -0.05) is 26.8 Å². The molecule has 1 unspecified atom stereocenters. The molecule has 21 heavy (non-hydrogen) atoms. The van der Waals surface area contributed by atoms with Gasteiger partial charge < -0.3 is 14.7 Å². The molecule has 1 aromatic carbocycles. The largest absolute Gasteiger partial charge is 0.478 e. The normalized spacial score (nSPS) is 12.8. The molecule has 0 bridgehead atoms. The third-order valence-electron chi connectivity index (χ3n) is 3.83. The number of carbonyl (C=O) groups is 1. The van der Waals surface area contributed by atoms with Crippen molar-refractivity contribution in [2.45, 2.75) is 27.3 Å². The van der Waals surface area contributed by atoms with Crippen LogP contribution in [0.2, 0.25) is 0 Å². The number of para-hydroxylation sites is 1. The third-order valence-corrected chi connectivity index (χ3v) is 3.83. The number of hydrogen-bond acceptors (Lipinski definition) is 3. The summed E-state index contributed by atoms with van der Waals surface area (Å²) in [6.07, 6.45) is 0. The van der Waals surface area contributed by atoms with Crippen molar-refractivity contribution in [2.24, 2.45) is 11.8 Å². The molecule has 0 aliphatic rings. The molecule has 0 amide bonds. The molecule has 2 N–H and O–H groups in total. The van der Waals surface area contributed by atoms with Crippen molar-refractivity contribution >= 4 is 17.0 Å². The number of carboxylic acids is 1. The van der Waals surface area contributed by atoms with E-state index in [1.165, 1.54) is 10.6 Å². The van der Waals surface area contributed by atoms with Gasteiger partial charge in [0.15, 0.2) is 0 Å². The molecule has 6 nitrogen and oxygen atoms in total. The second kappa shape index (κ2) is 5.55. The first-order valence-electron chi connectivity index (χ1n) is 6.82. The number of aromatic carboxylic acids is 1. The van der Waals surface area contributed by atoms with Crippen LogP contribution < -0.4 is 11.1 Å². The number of nitrogens with one attached hydrogen (secondary N) is 1. The second-order valence-electron chi connectivity index (χ2n) is 5.60. The van der Waals surface area contributed by atoms with Gasteiger partial charge in [0.05, 0.1) is 16.6 Å². The van der Waals surface area contributed by atoms with Gasteiger partial charge in [0, 0.05) is 6.54 Å². The Hall–Kier alpha value is -2.37. The van der Waals surface area contributed by atoms with Gasteiger partial charge in [-0.05, 0) is 24.0 Å². The van der Waals surface area contributed by atoms with Gasteiger partial charge in [0.2, 0.25) is 0 Å². The Morgan fingerprint density at radius 1 is 1.29 bits per heavy atom. The topological polar surface area (TPSA) is 92.2 Å². The maximum atomic E-state index is 12.1. The van der Waals surface area contributed by atoms with Crippen LogP contribution in [-0.4, -0.2) is 20.6 Å². The van der Waals surface area contributed by atoms with E-state index in [9.17, 15) is 19.5 Å². The Bertz CT molecular complexity index is 801. The number of fused-ring (bicyclic) bond motifs is 1. The van der Waals surface area contributed by atoms with Crippen LogP contribution in [0.1, 0.15) is 31.1 Å². The predicted octanol–water partition coefficient (Wildman–Crippen LogP) is 1.68. The van der Waals surface area contributed by atoms with Gasteiger partial charge in [0.25, 0.3) is 0 Å². The highest BCUT2D eigenvalue weighted by Crippen LogP contribution is 2.18. The lowest BCUT2D eigenvalue weighted by Crippen LogP contribution is -2.38. The molecule has 1 heterocycles. The Morgan fingerprint density at radius 2 is 1.95 bits per heavy atom. The zero-order valence-corrected chi connectivity index (χ0v) is 12.2. The number of H-pyrrole nitrogens is 1. The lowest BCUT2D eigenvalue weighted by Gasteiger charge is -2.19. The summed E-state index contributed by atoms with van der Waals surface area (Å²) in [5.41, 5.74) is -0.820. The maximum absolute atomic E-state index is 12.1. The first-order valence-corrected chi connectivity index (χ1v) is 6.82. The Balaban J connectivity index is 2.82. The Labute approximate surface area is 121 Å². The van der Waals surface area contributed by atoms with E-state index in [1.54, 1.807) is 12.1 Å². The highest BCUT2D eigenvalue weighted by molar-refractivity contribution is 6.00. The third kappa shape index (κ3) is 2.74. The van der Waals surface area contributed by atoms with Crippen LogP contribution in [0.15, 0.2) is 27.8 Å². The molecule has 0 aliphatic carbocycles. The minimum atomic E-state index is -1.13. The number of aromatic amines is 1. The Kier molecular flexibility index (Phi) is 3.97. The highest BCUT2D eigenvalue weighted by Gasteiger charge is 2.18. The monoisotopic (exact) mass is 290 g/mol. The van der Waals surface area contributed by atoms with Crippen LogP contribution in [0.5, 0.6) is 0 Å². The van der Waals surface area contributed by atoms with Crippen molar-refractivity contribution in [2.75, 3.05) is 0 Å². The summed E-state index contributed by atoms with van der Waals surface area (Å²) < 4.78 is 1.28. The van der Waals surface area contributed by atoms with E-state index < -0.39 is 17.1 Å². The summed E-state index contributed by atoms with van der Waals surface area (Å²) in [4.78, 5) is 37.7. The van der Waals surface area contributed by atoms with Gasteiger partial charge in [-0.15, -0.1) is 0 Å². The van der Waals surface area contributed by atoms with E-state index in [0.717, 1.165) is 0 Å². The molecule has 1 atom stereocenters. The average Bonchev–Trinajstić information content (AvgIpc) is 2.42. The van der Waals surface area contributed by atoms with Crippen molar-refractivity contribution in [1.82, 2.24) is 9.55 Å². The van der Waals surface area contributed by atoms with Gasteiger partial charge in [-0.3, -0.25) is 9.59 Å². The zero-order chi connectivity index (χ0) is 15.7. The Morgan fingerprint density at radius 3 is 2.52 bits per heavy atom. The van der Waals surface area contributed by atoms with Crippen molar-refractivity contribution < 1.29 is 9.90 Å². The number of rotatable bonds is 4. The fourth-order valence-electron chi connectivity index (χ4n) is 2.18. The summed E-state index contributed by atoms with van der Waals surface area (Å²) in [5, 5.41) is 9.30. The fraction of sp³-hybridized carbons (Fsp3) is 0.400. The molecule has 1 aromatic heterocycles. The number of aromatic nitrogens is 2. The summed E-state index contributed by atoms with van der Waals surface area (Å²) >= 11 is 0. The van der Waals surface area contributed by atoms with E-state index in [1.807, 2.05) is 20.8 Å². The minimum Gasteiger partial charge on any atom is -0.478 e. The number of hydrogen-bond donors (Lipinski definition) is 2. The minimum absolute atomic E-state index is 0.0109. The second-order valence-corrected chi connectivity index (χ2v) is 5.60. The van der Waals surface area contributed by atoms with Gasteiger partial charge in [-0.25, -0.2) is 4.79 Å². The smallest absolute Gasteiger partial charge is 0.337 e. The quantitative estimate of drug-likeness (QED) is 0.838. The highest BCUT2D eigenvalue weighted by atomic mass is 16.4. The predicted molar refractivity (Wildman–Crippen MR) is 79.8 cm³/mol. The van der Waals surface area contributed by atoms with Crippen LogP contribution in [0.3, 0.4) is 0 Å². The van der Waals surface area contributed by atoms with Gasteiger partial charge >= 0.3 is 17.1 Å². The van der Waals surface area contributed by atoms with Crippen molar-refractivity contribution in [3.63, 3.8) is 0 Å². The summed E-state index contributed by atoms with van der Waals surface area (Å²) in [6, 6.07) is 4.57. The first-order chi connectivity index (χ1) is 9.82. The van der Waals surface area contributed by atoms with Crippen LogP contribution in [-0.2, 0) is 6.54 Å². The van der Waals surface area contributed by atoms with Gasteiger partial charge in [0.1, 0.15) is 0 Å². The molecule has 0 aliphatic heterocycles. The van der Waals surface area contributed by atoms with E-state index in [0.29, 0.717) is 18.0 Å². The zero-order valence-electron chi connectivity index (χ0n) is 12.2. The van der Waals surface area contributed by atoms with E-state index in [4.69, 9.17) is 0 Å². The maximum Gasteiger partial charge on any atom is 0.337 e. The number of carboxylic acid groups (broad SMARTS) is 1. The van der Waals surface area contributed by atoms with E-state index >= 15 is 0 Å². The van der Waals surface area contributed by atoms with Crippen molar-refractivity contribution in [3.8, 4) is 0 Å². The van der Waals surface area contributed by atoms with Crippen LogP contribution in [0, 0.1) is 11.8 Å². The van der Waals surface area contributed by atoms with E-state index in [-0.39, 0.29) is 17.0 Å². The molecule has 2 rings (SSSR count). The number of nitrogens with zero attached hydrogens (tertiary/aromatic N) is 1. The van der Waals surface area contributed by atoms with Crippen LogP contribution in [0.4, 0.5) is 0 Å². The summed E-state index contributed by atoms with van der Waals surface area (Å²) in [6.45, 7) is 6.31.